The van der Waals surface area contributed by atoms with Crippen LogP contribution in [0.1, 0.15) is 0 Å². The first-order valence-corrected chi connectivity index (χ1v) is 5.50. The lowest BCUT2D eigenvalue weighted by atomic mass is 10.2. The average molecular weight is 274 g/mol. The molecule has 12 heavy (non-hydrogen) atoms. The summed E-state index contributed by atoms with van der Waals surface area (Å²) in [7, 11) is 0. The van der Waals surface area contributed by atoms with Gasteiger partial charge in [0.25, 0.3) is 5.78 Å². The zero-order valence-electron chi connectivity index (χ0n) is 5.83. The van der Waals surface area contributed by atoms with Crippen LogP contribution in [0.2, 0.25) is 0 Å². The highest BCUT2D eigenvalue weighted by Gasteiger charge is 2.31. The van der Waals surface area contributed by atoms with Crippen molar-refractivity contribution < 1.29 is 14.3 Å². The molecule has 0 bridgehead atoms. The number of ketones is 1. The number of Topliss-reactive ketones (excluding diaryl/α,β-unsaturated/α-hetero) is 1. The van der Waals surface area contributed by atoms with Crippen LogP contribution in [-0.4, -0.2) is 15.4 Å². The molecule has 2 aliphatic heterocycles. The van der Waals surface area contributed by atoms with E-state index in [-0.39, 0.29) is 20.7 Å². The second-order valence-corrected chi connectivity index (χ2v) is 4.12. The molecule has 2 heterocycles. The zero-order valence-corrected chi connectivity index (χ0v) is 7.99. The van der Waals surface area contributed by atoms with Gasteiger partial charge in [-0.3, -0.25) is 4.79 Å². The molecule has 0 saturated heterocycles. The van der Waals surface area contributed by atoms with Gasteiger partial charge in [-0.15, -0.1) is 0 Å². The van der Waals surface area contributed by atoms with Gasteiger partial charge < -0.3 is 4.74 Å². The van der Waals surface area contributed by atoms with Crippen molar-refractivity contribution in [2.24, 2.45) is 0 Å². The number of carbonyl (C=O) groups is 2. The van der Waals surface area contributed by atoms with Gasteiger partial charge in [-0.25, -0.2) is 4.79 Å². The highest BCUT2D eigenvalue weighted by atomic mass is 127. The molecule has 0 aromatic carbocycles. The van der Waals surface area contributed by atoms with Gasteiger partial charge in [0.15, 0.2) is 5.76 Å². The van der Waals surface area contributed by atoms with Crippen LogP contribution in [0.15, 0.2) is 27.6 Å². The lowest BCUT2D eigenvalue weighted by Gasteiger charge is -1.88. The van der Waals surface area contributed by atoms with E-state index in [4.69, 9.17) is 4.74 Å². The molecule has 0 aromatic heterocycles. The van der Waals surface area contributed by atoms with E-state index in [0.29, 0.717) is 11.3 Å². The highest BCUT2D eigenvalue weighted by Crippen LogP contribution is 2.21. The topological polar surface area (TPSA) is 43.4 Å². The van der Waals surface area contributed by atoms with E-state index >= 15 is 0 Å². The summed E-state index contributed by atoms with van der Waals surface area (Å²) in [6.45, 7) is 0. The number of halogens is 1. The van der Waals surface area contributed by atoms with Crippen molar-refractivity contribution in [3.63, 3.8) is 0 Å². The zero-order chi connectivity index (χ0) is 8.55. The Hall–Kier alpha value is -1.00. The molecular formula is C8H3IO3. The van der Waals surface area contributed by atoms with Gasteiger partial charge in [-0.2, -0.15) is 0 Å². The third-order valence-electron chi connectivity index (χ3n) is 1.44. The van der Waals surface area contributed by atoms with Crippen LogP contribution in [0.25, 0.3) is 0 Å². The minimum atomic E-state index is -0.789. The maximum absolute atomic E-state index is 11.1. The number of ether oxygens (including phenoxy) is 1. The van der Waals surface area contributed by atoms with Gasteiger partial charge in [0.1, 0.15) is 0 Å². The minimum Gasteiger partial charge on any atom is -0.419 e. The molecule has 0 amide bonds. The summed E-state index contributed by atoms with van der Waals surface area (Å²) in [5.74, 6) is -0.994. The fourth-order valence-corrected chi connectivity index (χ4v) is 2.11. The molecule has 0 saturated carbocycles. The van der Waals surface area contributed by atoms with Crippen LogP contribution in [-0.2, 0) is 14.3 Å². The molecular weight excluding hydrogens is 271 g/mol. The van der Waals surface area contributed by atoms with Crippen LogP contribution in [0, 0.1) is 0 Å². The van der Waals surface area contributed by atoms with E-state index in [1.54, 1.807) is 12.2 Å². The summed E-state index contributed by atoms with van der Waals surface area (Å²) in [6.07, 6.45) is 3.22. The Morgan fingerprint density at radius 1 is 1.42 bits per heavy atom. The van der Waals surface area contributed by atoms with E-state index in [1.165, 1.54) is 0 Å². The molecule has 0 N–H and O–H groups in total. The summed E-state index contributed by atoms with van der Waals surface area (Å²) in [6, 6.07) is 0. The molecule has 0 atom stereocenters. The van der Waals surface area contributed by atoms with E-state index in [1.807, 2.05) is 4.08 Å². The normalized spacial score (nSPS) is 20.3. The van der Waals surface area contributed by atoms with E-state index in [9.17, 15) is 9.59 Å². The predicted molar refractivity (Wildman–Crippen MR) is 50.9 cm³/mol. The van der Waals surface area contributed by atoms with Crippen molar-refractivity contribution in [3.8, 4) is 0 Å². The second kappa shape index (κ2) is 2.80. The smallest absolute Gasteiger partial charge is 0.385 e. The molecule has 0 spiro atoms. The average Bonchev–Trinajstić information content (AvgIpc) is 2.30. The van der Waals surface area contributed by atoms with Gasteiger partial charge >= 0.3 is 5.97 Å². The second-order valence-electron chi connectivity index (χ2n) is 2.15. The minimum absolute atomic E-state index is 0.245. The monoisotopic (exact) mass is 274 g/mol. The number of esters is 1. The Labute approximate surface area is 78.1 Å². The standard InChI is InChI=1S/C8H3IO3/c10-7-5-1-3-9-4-2-6(5)12-8(7)11/h1-3H. The molecule has 0 radical (unpaired) electrons. The number of hydrogen-bond donors (Lipinski definition) is 0. The molecule has 2 rings (SSSR count). The highest BCUT2D eigenvalue weighted by molar-refractivity contribution is 14.2. The third-order valence-corrected chi connectivity index (χ3v) is 2.83. The van der Waals surface area contributed by atoms with E-state index in [0.717, 1.165) is 0 Å². The fraction of sp³-hybridized carbons (Fsp3) is 0. The van der Waals surface area contributed by atoms with Crippen molar-refractivity contribution in [1.82, 2.24) is 0 Å². The van der Waals surface area contributed by atoms with Crippen molar-refractivity contribution in [1.29, 1.82) is 0 Å². The largest absolute Gasteiger partial charge is 0.419 e. The first kappa shape index (κ1) is 7.64. The Bertz CT molecular complexity index is 395. The SMILES string of the molecule is O=C1OC2=C(C=CI=C=C2)C1=O. The Kier molecular flexibility index (Phi) is 1.78. The quantitative estimate of drug-likeness (QED) is 0.373. The van der Waals surface area contributed by atoms with Gasteiger partial charge in [-0.1, -0.05) is 3.67 Å². The van der Waals surface area contributed by atoms with Crippen molar-refractivity contribution in [3.05, 3.63) is 27.6 Å². The first-order valence-electron chi connectivity index (χ1n) is 3.17. The van der Waals surface area contributed by atoms with E-state index in [2.05, 4.69) is 3.67 Å². The summed E-state index contributed by atoms with van der Waals surface area (Å²) in [4.78, 5) is 21.8. The fourth-order valence-electron chi connectivity index (χ4n) is 0.900. The molecule has 3 nitrogen and oxygen atoms in total. The summed E-state index contributed by atoms with van der Waals surface area (Å²) >= 11 is -0.245. The van der Waals surface area contributed by atoms with Crippen LogP contribution in [0.4, 0.5) is 0 Å². The maximum atomic E-state index is 11.1. The molecule has 4 heteroatoms. The predicted octanol–water partition coefficient (Wildman–Crippen LogP) is 0.822. The van der Waals surface area contributed by atoms with Gasteiger partial charge in [0.2, 0.25) is 0 Å². The van der Waals surface area contributed by atoms with E-state index < -0.39 is 11.8 Å². The van der Waals surface area contributed by atoms with Crippen molar-refractivity contribution in [2.45, 2.75) is 0 Å². The molecule has 0 aromatic rings. The maximum Gasteiger partial charge on any atom is 0.385 e. The van der Waals surface area contributed by atoms with Crippen LogP contribution >= 0.6 is 20.7 Å². The molecule has 2 aliphatic rings. The van der Waals surface area contributed by atoms with Crippen LogP contribution < -0.4 is 0 Å². The summed E-state index contributed by atoms with van der Waals surface area (Å²) in [5, 5.41) is 0. The number of allylic oxidation sites excluding steroid dienone is 2. The van der Waals surface area contributed by atoms with Crippen molar-refractivity contribution >= 4 is 36.2 Å². The number of carbonyl (C=O) groups excluding carboxylic acids is 2. The first-order chi connectivity index (χ1) is 5.79. The van der Waals surface area contributed by atoms with Gasteiger partial charge in [0, 0.05) is 6.08 Å². The van der Waals surface area contributed by atoms with Gasteiger partial charge in [-0.05, 0) is 30.9 Å². The van der Waals surface area contributed by atoms with Crippen LogP contribution in [0.3, 0.4) is 0 Å². The third kappa shape index (κ3) is 1.09. The lowest BCUT2D eigenvalue weighted by Crippen LogP contribution is -2.08. The summed E-state index contributed by atoms with van der Waals surface area (Å²) < 4.78 is 9.54. The van der Waals surface area contributed by atoms with Gasteiger partial charge in [0.05, 0.1) is 5.57 Å². The molecule has 0 aliphatic carbocycles. The molecule has 0 fully saturated rings. The summed E-state index contributed by atoms with van der Waals surface area (Å²) in [5.41, 5.74) is 0.365. The Morgan fingerprint density at radius 2 is 2.25 bits per heavy atom. The van der Waals surface area contributed by atoms with Crippen LogP contribution in [0.5, 0.6) is 0 Å². The number of rotatable bonds is 0. The lowest BCUT2D eigenvalue weighted by molar-refractivity contribution is -0.146. The Morgan fingerprint density at radius 3 is 3.08 bits per heavy atom. The molecule has 60 valence electrons. The number of hydrogen-bond acceptors (Lipinski definition) is 3. The molecule has 0 unspecified atom stereocenters. The Balaban J connectivity index is 2.55. The van der Waals surface area contributed by atoms with Crippen molar-refractivity contribution in [2.75, 3.05) is 0 Å².